The highest BCUT2D eigenvalue weighted by Crippen LogP contribution is 2.34. The first kappa shape index (κ1) is 18.4. The smallest absolute Gasteiger partial charge is 0.268 e. The van der Waals surface area contributed by atoms with E-state index in [-0.39, 0.29) is 17.1 Å². The van der Waals surface area contributed by atoms with E-state index in [0.29, 0.717) is 21.2 Å². The van der Waals surface area contributed by atoms with E-state index in [1.807, 2.05) is 0 Å². The zero-order chi connectivity index (χ0) is 18.8. The zero-order valence-electron chi connectivity index (χ0n) is 13.0. The molecule has 0 N–H and O–H groups in total. The van der Waals surface area contributed by atoms with Crippen LogP contribution in [0.1, 0.15) is 11.1 Å². The molecule has 2 amide bonds. The molecule has 0 saturated carbocycles. The molecule has 0 atom stereocenters. The Labute approximate surface area is 162 Å². The highest BCUT2D eigenvalue weighted by molar-refractivity contribution is 8.18. The summed E-state index contributed by atoms with van der Waals surface area (Å²) in [5.74, 6) is -0.461. The van der Waals surface area contributed by atoms with Crippen molar-refractivity contribution in [1.82, 2.24) is 4.90 Å². The summed E-state index contributed by atoms with van der Waals surface area (Å²) in [4.78, 5) is 36.3. The molecule has 2 aromatic carbocycles. The van der Waals surface area contributed by atoms with Crippen LogP contribution in [-0.2, 0) is 11.3 Å². The summed E-state index contributed by atoms with van der Waals surface area (Å²) in [5.41, 5.74) is 1.05. The first-order valence-corrected chi connectivity index (χ1v) is 8.86. The third kappa shape index (κ3) is 3.90. The number of benzene rings is 2. The van der Waals surface area contributed by atoms with Crippen LogP contribution in [0.4, 0.5) is 10.5 Å². The average molecular weight is 409 g/mol. The van der Waals surface area contributed by atoms with E-state index in [1.165, 1.54) is 24.3 Å². The van der Waals surface area contributed by atoms with Crippen molar-refractivity contribution in [3.63, 3.8) is 0 Å². The van der Waals surface area contributed by atoms with Crippen molar-refractivity contribution in [1.29, 1.82) is 0 Å². The molecular formula is C17H10Cl2N2O4S. The molecule has 6 nitrogen and oxygen atoms in total. The summed E-state index contributed by atoms with van der Waals surface area (Å²) in [5, 5.41) is 11.1. The standard InChI is InChI=1S/C17H10Cl2N2O4S/c18-13-5-4-11(7-14(13)19)9-20-16(22)15(26-17(20)23)8-10-2-1-3-12(6-10)21(24)25/h1-8H,9H2/b15-8+. The first-order chi connectivity index (χ1) is 12.3. The minimum atomic E-state index is -0.520. The number of rotatable bonds is 4. The van der Waals surface area contributed by atoms with Crippen LogP contribution >= 0.6 is 35.0 Å². The molecule has 1 aliphatic heterocycles. The second-order valence-corrected chi connectivity index (χ2v) is 7.18. The van der Waals surface area contributed by atoms with Gasteiger partial charge in [-0.05, 0) is 41.1 Å². The predicted molar refractivity (Wildman–Crippen MR) is 101 cm³/mol. The van der Waals surface area contributed by atoms with Gasteiger partial charge in [0.15, 0.2) is 0 Å². The van der Waals surface area contributed by atoms with Crippen LogP contribution in [0.5, 0.6) is 0 Å². The number of halogens is 2. The number of hydrogen-bond donors (Lipinski definition) is 0. The molecule has 0 aliphatic carbocycles. The summed E-state index contributed by atoms with van der Waals surface area (Å²) in [7, 11) is 0. The van der Waals surface area contributed by atoms with Gasteiger partial charge in [-0.1, -0.05) is 41.4 Å². The van der Waals surface area contributed by atoms with E-state index in [2.05, 4.69) is 0 Å². The van der Waals surface area contributed by atoms with Crippen LogP contribution in [0.15, 0.2) is 47.4 Å². The van der Waals surface area contributed by atoms with Crippen molar-refractivity contribution in [3.8, 4) is 0 Å². The van der Waals surface area contributed by atoms with Crippen molar-refractivity contribution in [3.05, 3.63) is 78.7 Å². The number of non-ortho nitro benzene ring substituents is 1. The fourth-order valence-electron chi connectivity index (χ4n) is 2.34. The Hall–Kier alpha value is -2.35. The van der Waals surface area contributed by atoms with Gasteiger partial charge < -0.3 is 0 Å². The number of imide groups is 1. The van der Waals surface area contributed by atoms with E-state index in [1.54, 1.807) is 24.3 Å². The van der Waals surface area contributed by atoms with Crippen molar-refractivity contribution >= 4 is 57.9 Å². The molecule has 132 valence electrons. The van der Waals surface area contributed by atoms with E-state index < -0.39 is 16.1 Å². The molecule has 0 spiro atoms. The van der Waals surface area contributed by atoms with E-state index in [0.717, 1.165) is 16.7 Å². The Morgan fingerprint density at radius 2 is 1.88 bits per heavy atom. The highest BCUT2D eigenvalue weighted by Gasteiger charge is 2.35. The molecule has 0 bridgehead atoms. The van der Waals surface area contributed by atoms with Gasteiger partial charge in [0.1, 0.15) is 0 Å². The maximum absolute atomic E-state index is 12.5. The second kappa shape index (κ2) is 7.49. The van der Waals surface area contributed by atoms with Gasteiger partial charge in [-0.3, -0.25) is 24.6 Å². The summed E-state index contributed by atoms with van der Waals surface area (Å²) in [6, 6.07) is 10.7. The number of carbonyl (C=O) groups is 2. The fraction of sp³-hybridized carbons (Fsp3) is 0.0588. The van der Waals surface area contributed by atoms with Gasteiger partial charge in [-0.2, -0.15) is 0 Å². The number of nitro groups is 1. The average Bonchev–Trinajstić information content (AvgIpc) is 2.86. The first-order valence-electron chi connectivity index (χ1n) is 7.29. The molecule has 1 saturated heterocycles. The largest absolute Gasteiger partial charge is 0.293 e. The molecule has 3 rings (SSSR count). The lowest BCUT2D eigenvalue weighted by Crippen LogP contribution is -2.27. The quantitative estimate of drug-likeness (QED) is 0.397. The summed E-state index contributed by atoms with van der Waals surface area (Å²) in [6.45, 7) is 0.0633. The van der Waals surface area contributed by atoms with Gasteiger partial charge >= 0.3 is 0 Å². The lowest BCUT2D eigenvalue weighted by molar-refractivity contribution is -0.384. The van der Waals surface area contributed by atoms with E-state index in [4.69, 9.17) is 23.2 Å². The molecule has 1 aliphatic rings. The van der Waals surface area contributed by atoms with Crippen LogP contribution < -0.4 is 0 Å². The third-order valence-electron chi connectivity index (χ3n) is 3.58. The molecule has 0 aromatic heterocycles. The van der Waals surface area contributed by atoms with Crippen LogP contribution in [0, 0.1) is 10.1 Å². The van der Waals surface area contributed by atoms with Gasteiger partial charge in [0.25, 0.3) is 16.8 Å². The Bertz CT molecular complexity index is 962. The Morgan fingerprint density at radius 1 is 1.12 bits per heavy atom. The summed E-state index contributed by atoms with van der Waals surface area (Å²) >= 11 is 12.6. The third-order valence-corrected chi connectivity index (χ3v) is 5.22. The second-order valence-electron chi connectivity index (χ2n) is 5.37. The lowest BCUT2D eigenvalue weighted by atomic mass is 10.2. The van der Waals surface area contributed by atoms with E-state index in [9.17, 15) is 19.7 Å². The minimum Gasteiger partial charge on any atom is -0.268 e. The monoisotopic (exact) mass is 408 g/mol. The van der Waals surface area contributed by atoms with Gasteiger partial charge in [-0.25, -0.2) is 0 Å². The minimum absolute atomic E-state index is 0.0633. The molecular weight excluding hydrogens is 399 g/mol. The number of nitro benzene ring substituents is 1. The molecule has 26 heavy (non-hydrogen) atoms. The summed E-state index contributed by atoms with van der Waals surface area (Å²) < 4.78 is 0. The van der Waals surface area contributed by atoms with Gasteiger partial charge in [0.2, 0.25) is 0 Å². The Kier molecular flexibility index (Phi) is 5.31. The van der Waals surface area contributed by atoms with E-state index >= 15 is 0 Å². The van der Waals surface area contributed by atoms with Crippen LogP contribution in [0.25, 0.3) is 6.08 Å². The number of amides is 2. The molecule has 1 heterocycles. The molecule has 2 aromatic rings. The Balaban J connectivity index is 1.83. The van der Waals surface area contributed by atoms with Crippen LogP contribution in [0.3, 0.4) is 0 Å². The van der Waals surface area contributed by atoms with Crippen LogP contribution in [0.2, 0.25) is 10.0 Å². The van der Waals surface area contributed by atoms with Crippen molar-refractivity contribution in [2.24, 2.45) is 0 Å². The number of nitrogens with zero attached hydrogens (tertiary/aromatic N) is 2. The molecule has 1 fully saturated rings. The number of carbonyl (C=O) groups excluding carboxylic acids is 2. The maximum Gasteiger partial charge on any atom is 0.293 e. The molecule has 0 unspecified atom stereocenters. The zero-order valence-corrected chi connectivity index (χ0v) is 15.3. The fourth-order valence-corrected chi connectivity index (χ4v) is 3.50. The highest BCUT2D eigenvalue weighted by atomic mass is 35.5. The molecule has 0 radical (unpaired) electrons. The van der Waals surface area contributed by atoms with Gasteiger partial charge in [0.05, 0.1) is 26.4 Å². The van der Waals surface area contributed by atoms with Gasteiger partial charge in [-0.15, -0.1) is 0 Å². The lowest BCUT2D eigenvalue weighted by Gasteiger charge is -2.12. The predicted octanol–water partition coefficient (Wildman–Crippen LogP) is 5.14. The number of thioether (sulfide) groups is 1. The normalized spacial score (nSPS) is 15.8. The van der Waals surface area contributed by atoms with Crippen molar-refractivity contribution in [2.45, 2.75) is 6.54 Å². The Morgan fingerprint density at radius 3 is 2.58 bits per heavy atom. The van der Waals surface area contributed by atoms with Gasteiger partial charge in [0, 0.05) is 12.1 Å². The van der Waals surface area contributed by atoms with Crippen molar-refractivity contribution < 1.29 is 14.5 Å². The maximum atomic E-state index is 12.5. The number of hydrogen-bond acceptors (Lipinski definition) is 5. The SMILES string of the molecule is O=C1S/C(=C/c2cccc([N+](=O)[O-])c2)C(=O)N1Cc1ccc(Cl)c(Cl)c1. The van der Waals surface area contributed by atoms with Crippen molar-refractivity contribution in [2.75, 3.05) is 0 Å². The molecule has 9 heteroatoms. The summed E-state index contributed by atoms with van der Waals surface area (Å²) in [6.07, 6.45) is 1.47. The van der Waals surface area contributed by atoms with Crippen LogP contribution in [-0.4, -0.2) is 21.0 Å². The topological polar surface area (TPSA) is 80.5 Å².